The molecule has 1 aliphatic heterocycles. The number of aromatic nitrogens is 1. The fraction of sp³-hybridized carbons (Fsp3) is 0. The minimum atomic E-state index is -0.777. The number of hydrogen-bond donors (Lipinski definition) is 1. The molecule has 0 bridgehead atoms. The summed E-state index contributed by atoms with van der Waals surface area (Å²) in [7, 11) is 0. The van der Waals surface area contributed by atoms with Gasteiger partial charge in [0, 0.05) is 75.9 Å². The lowest BCUT2D eigenvalue weighted by Crippen LogP contribution is -2.01. The Morgan fingerprint density at radius 2 is 1.32 bits per heavy atom. The van der Waals surface area contributed by atoms with Crippen LogP contribution in [0.25, 0.3) is 22.0 Å². The number of allylic oxidation sites excluding steroid dienone is 1. The summed E-state index contributed by atoms with van der Waals surface area (Å²) in [6.07, 6.45) is 2.87. The topological polar surface area (TPSA) is 201 Å². The Morgan fingerprint density at radius 3 is 2.00 bits per heavy atom. The molecule has 5 rings (SSSR count). The van der Waals surface area contributed by atoms with Gasteiger partial charge in [0.2, 0.25) is 0 Å². The summed E-state index contributed by atoms with van der Waals surface area (Å²) in [4.78, 5) is 50.7. The first-order valence-electron chi connectivity index (χ1n) is 10.4. The molecule has 182 valence electrons. The molecule has 3 aromatic carbocycles. The lowest BCUT2D eigenvalue weighted by molar-refractivity contribution is -0.394. The van der Waals surface area contributed by atoms with Gasteiger partial charge in [0.25, 0.3) is 22.7 Å². The van der Waals surface area contributed by atoms with E-state index in [-0.39, 0.29) is 28.1 Å². The summed E-state index contributed by atoms with van der Waals surface area (Å²) in [5.74, 6) is 0. The zero-order chi connectivity index (χ0) is 26.4. The largest absolute Gasteiger partial charge is 0.361 e. The first-order chi connectivity index (χ1) is 17.7. The van der Waals surface area contributed by atoms with Crippen molar-refractivity contribution in [2.45, 2.75) is 0 Å². The average Bonchev–Trinajstić information content (AvgIpc) is 3.48. The molecule has 4 aromatic rings. The van der Waals surface area contributed by atoms with Crippen LogP contribution < -0.4 is 0 Å². The van der Waals surface area contributed by atoms with Crippen LogP contribution in [0.2, 0.25) is 0 Å². The van der Waals surface area contributed by atoms with Crippen LogP contribution in [0, 0.1) is 40.5 Å². The number of aliphatic imine (C=N–C) groups is 1. The summed E-state index contributed by atoms with van der Waals surface area (Å²) in [5.41, 5.74) is 0.275. The van der Waals surface area contributed by atoms with Gasteiger partial charge in [-0.25, -0.2) is 0 Å². The van der Waals surface area contributed by atoms with Crippen molar-refractivity contribution in [2.75, 3.05) is 0 Å². The third-order valence-electron chi connectivity index (χ3n) is 5.89. The number of non-ortho nitro benzene ring substituents is 3. The fourth-order valence-corrected chi connectivity index (χ4v) is 4.23. The van der Waals surface area contributed by atoms with Gasteiger partial charge in [-0.15, -0.1) is 0 Å². The maximum Gasteiger partial charge on any atom is 0.284 e. The molecule has 14 heteroatoms. The first-order valence-corrected chi connectivity index (χ1v) is 10.4. The summed E-state index contributed by atoms with van der Waals surface area (Å²) >= 11 is 0. The van der Waals surface area contributed by atoms with Crippen LogP contribution in [-0.4, -0.2) is 30.9 Å². The van der Waals surface area contributed by atoms with Gasteiger partial charge in [0.15, 0.2) is 0 Å². The van der Waals surface area contributed by atoms with Crippen LogP contribution in [0.1, 0.15) is 16.7 Å². The number of fused-ring (bicyclic) bond motifs is 2. The van der Waals surface area contributed by atoms with Crippen molar-refractivity contribution in [3.8, 4) is 0 Å². The quantitative estimate of drug-likeness (QED) is 0.265. The Hall–Kier alpha value is -5.79. The molecule has 0 unspecified atom stereocenters. The molecule has 0 aliphatic carbocycles. The number of H-pyrrole nitrogens is 1. The number of aromatic amines is 1. The lowest BCUT2D eigenvalue weighted by atomic mass is 9.89. The molecule has 0 spiro atoms. The van der Waals surface area contributed by atoms with Crippen molar-refractivity contribution in [1.82, 2.24) is 4.98 Å². The number of nitro groups is 4. The number of nitrogens with one attached hydrogen (secondary N) is 1. The first kappa shape index (κ1) is 23.0. The van der Waals surface area contributed by atoms with Crippen LogP contribution >= 0.6 is 0 Å². The van der Waals surface area contributed by atoms with Gasteiger partial charge in [-0.1, -0.05) is 0 Å². The monoisotopic (exact) mass is 500 g/mol. The molecule has 0 fully saturated rings. The molecular formula is C23H12N6O8. The molecule has 1 aromatic heterocycles. The molecular weight excluding hydrogens is 488 g/mol. The molecule has 1 aliphatic rings. The van der Waals surface area contributed by atoms with Crippen LogP contribution in [0.4, 0.5) is 28.4 Å². The number of nitrogens with zero attached hydrogens (tertiary/aromatic N) is 5. The van der Waals surface area contributed by atoms with Crippen LogP contribution in [0.15, 0.2) is 65.8 Å². The second-order valence-corrected chi connectivity index (χ2v) is 7.91. The highest BCUT2D eigenvalue weighted by molar-refractivity contribution is 6.28. The van der Waals surface area contributed by atoms with Crippen molar-refractivity contribution in [3.05, 3.63) is 118 Å². The fourth-order valence-electron chi connectivity index (χ4n) is 4.23. The highest BCUT2D eigenvalue weighted by Gasteiger charge is 2.29. The number of benzene rings is 3. The Bertz CT molecular complexity index is 1750. The van der Waals surface area contributed by atoms with E-state index in [9.17, 15) is 40.5 Å². The predicted octanol–water partition coefficient (Wildman–Crippen LogP) is 5.48. The van der Waals surface area contributed by atoms with Crippen LogP contribution in [0.5, 0.6) is 0 Å². The van der Waals surface area contributed by atoms with Crippen LogP contribution in [-0.2, 0) is 0 Å². The van der Waals surface area contributed by atoms with E-state index < -0.39 is 31.1 Å². The minimum Gasteiger partial charge on any atom is -0.361 e. The SMILES string of the molecule is O=[N+]([O-])c1ccc2c(c1)/C(=C(\c1ccc([N+](=O)[O-])cc1[N+](=O)[O-])c1c[nH]c3ccc([N+](=O)[O-])cc13)C=N2. The van der Waals surface area contributed by atoms with Gasteiger partial charge in [0.1, 0.15) is 0 Å². The normalized spacial score (nSPS) is 13.4. The van der Waals surface area contributed by atoms with E-state index in [1.807, 2.05) is 0 Å². The molecule has 2 heterocycles. The van der Waals surface area contributed by atoms with Crippen molar-refractivity contribution >= 4 is 56.7 Å². The lowest BCUT2D eigenvalue weighted by Gasteiger charge is -2.12. The van der Waals surface area contributed by atoms with Gasteiger partial charge in [-0.05, 0) is 18.2 Å². The maximum absolute atomic E-state index is 12.0. The summed E-state index contributed by atoms with van der Waals surface area (Å²) in [5, 5.41) is 46.5. The van der Waals surface area contributed by atoms with Gasteiger partial charge >= 0.3 is 0 Å². The molecule has 0 atom stereocenters. The summed E-state index contributed by atoms with van der Waals surface area (Å²) in [6, 6.07) is 11.1. The van der Waals surface area contributed by atoms with E-state index in [1.54, 1.807) is 0 Å². The van der Waals surface area contributed by atoms with E-state index in [2.05, 4.69) is 9.98 Å². The van der Waals surface area contributed by atoms with Gasteiger partial charge in [0.05, 0.1) is 37.0 Å². The third kappa shape index (κ3) is 3.83. The van der Waals surface area contributed by atoms with E-state index >= 15 is 0 Å². The maximum atomic E-state index is 12.0. The molecule has 1 N–H and O–H groups in total. The van der Waals surface area contributed by atoms with E-state index in [0.717, 1.165) is 12.1 Å². The second kappa shape index (κ2) is 8.46. The highest BCUT2D eigenvalue weighted by atomic mass is 16.6. The molecule has 0 radical (unpaired) electrons. The average molecular weight is 500 g/mol. The molecule has 0 amide bonds. The van der Waals surface area contributed by atoms with E-state index in [0.29, 0.717) is 27.7 Å². The molecule has 37 heavy (non-hydrogen) atoms. The van der Waals surface area contributed by atoms with Gasteiger partial charge in [-0.2, -0.15) is 0 Å². The van der Waals surface area contributed by atoms with Crippen molar-refractivity contribution in [1.29, 1.82) is 0 Å². The van der Waals surface area contributed by atoms with Gasteiger partial charge in [-0.3, -0.25) is 45.4 Å². The smallest absolute Gasteiger partial charge is 0.284 e. The molecule has 0 saturated carbocycles. The Labute approximate surface area is 204 Å². The van der Waals surface area contributed by atoms with E-state index in [1.165, 1.54) is 54.9 Å². The minimum absolute atomic E-state index is 0.0381. The van der Waals surface area contributed by atoms with Crippen LogP contribution in [0.3, 0.4) is 0 Å². The Morgan fingerprint density at radius 1 is 0.703 bits per heavy atom. The van der Waals surface area contributed by atoms with E-state index in [4.69, 9.17) is 0 Å². The molecule has 14 nitrogen and oxygen atoms in total. The van der Waals surface area contributed by atoms with Gasteiger partial charge < -0.3 is 4.98 Å². The Kier molecular flexibility index (Phi) is 5.25. The second-order valence-electron chi connectivity index (χ2n) is 7.91. The number of rotatable bonds is 6. The summed E-state index contributed by atoms with van der Waals surface area (Å²) in [6.45, 7) is 0. The standard InChI is InChI=1S/C23H12N6O8/c30-26(31)12-2-5-20-16(7-12)18(10-24-20)23(15-4-1-14(28(34)35)9-22(15)29(36)37)19-11-25-21-6-3-13(27(32)33)8-17(19)21/h1-11,24H/b23-19+. The van der Waals surface area contributed by atoms with Crippen molar-refractivity contribution in [3.63, 3.8) is 0 Å². The highest BCUT2D eigenvalue weighted by Crippen LogP contribution is 2.45. The summed E-state index contributed by atoms with van der Waals surface area (Å²) < 4.78 is 0. The Balaban J connectivity index is 1.90. The zero-order valence-corrected chi connectivity index (χ0v) is 18.4. The number of nitro benzene ring substituents is 4. The van der Waals surface area contributed by atoms with Crippen molar-refractivity contribution < 1.29 is 19.7 Å². The third-order valence-corrected chi connectivity index (χ3v) is 5.89. The number of hydrogen-bond acceptors (Lipinski definition) is 9. The zero-order valence-electron chi connectivity index (χ0n) is 18.4. The van der Waals surface area contributed by atoms with Crippen molar-refractivity contribution in [2.24, 2.45) is 4.99 Å². The predicted molar refractivity (Wildman–Crippen MR) is 132 cm³/mol. The molecule has 0 saturated heterocycles.